The first-order chi connectivity index (χ1) is 9.06. The third kappa shape index (κ3) is 4.21. The van der Waals surface area contributed by atoms with Crippen LogP contribution >= 0.6 is 43.5 Å². The first-order valence-corrected chi connectivity index (χ1v) is 7.65. The molecule has 0 saturated carbocycles. The smallest absolute Gasteiger partial charge is 0.0962 e. The summed E-state index contributed by atoms with van der Waals surface area (Å²) in [7, 11) is 0. The van der Waals surface area contributed by atoms with Gasteiger partial charge in [0.2, 0.25) is 0 Å². The average molecular weight is 406 g/mol. The molecule has 0 radical (unpaired) electrons. The Morgan fingerprint density at radius 1 is 1.11 bits per heavy atom. The molecule has 0 aliphatic heterocycles. The minimum absolute atomic E-state index is 0.432. The molecule has 1 atom stereocenters. The summed E-state index contributed by atoms with van der Waals surface area (Å²) in [6.07, 6.45) is -0.576. The molecule has 0 heterocycles. The third-order valence-electron chi connectivity index (χ3n) is 2.67. The van der Waals surface area contributed by atoms with E-state index in [9.17, 15) is 5.11 Å². The zero-order valence-electron chi connectivity index (χ0n) is 9.91. The fourth-order valence-electron chi connectivity index (χ4n) is 1.64. The van der Waals surface area contributed by atoms with Crippen molar-refractivity contribution in [3.05, 3.63) is 62.0 Å². The molecule has 0 aliphatic carbocycles. The Hall–Kier alpha value is -0.550. The van der Waals surface area contributed by atoms with Gasteiger partial charge in [0.1, 0.15) is 0 Å². The van der Waals surface area contributed by atoms with E-state index in [1.165, 1.54) is 0 Å². The number of benzene rings is 2. The number of hydrogen-bond acceptors (Lipinski definition) is 2. The molecule has 0 bridgehead atoms. The molecule has 5 heteroatoms. The molecule has 0 aliphatic rings. The van der Waals surface area contributed by atoms with E-state index in [1.54, 1.807) is 12.1 Å². The molecule has 1 unspecified atom stereocenters. The normalized spacial score (nSPS) is 12.2. The Morgan fingerprint density at radius 3 is 2.42 bits per heavy atom. The number of aliphatic hydroxyl groups is 1. The molecule has 19 heavy (non-hydrogen) atoms. The monoisotopic (exact) mass is 403 g/mol. The van der Waals surface area contributed by atoms with Gasteiger partial charge in [-0.2, -0.15) is 0 Å². The zero-order chi connectivity index (χ0) is 13.8. The predicted octanol–water partition coefficient (Wildman–Crippen LogP) is 5.01. The largest absolute Gasteiger partial charge is 0.387 e. The standard InChI is InChI=1S/C14H12Br2ClNO/c15-10-3-6-13(12(16)7-10)18-8-14(19)9-1-4-11(17)5-2-9/h1-7,14,18-19H,8H2. The second-order valence-corrected chi connectivity index (χ2v) is 6.28. The van der Waals surface area contributed by atoms with E-state index in [0.29, 0.717) is 11.6 Å². The van der Waals surface area contributed by atoms with E-state index in [1.807, 2.05) is 30.3 Å². The van der Waals surface area contributed by atoms with Crippen molar-refractivity contribution in [3.8, 4) is 0 Å². The van der Waals surface area contributed by atoms with Crippen LogP contribution in [0.5, 0.6) is 0 Å². The van der Waals surface area contributed by atoms with Crippen molar-refractivity contribution in [1.29, 1.82) is 0 Å². The summed E-state index contributed by atoms with van der Waals surface area (Å²) in [5.41, 5.74) is 1.78. The van der Waals surface area contributed by atoms with Crippen molar-refractivity contribution in [2.45, 2.75) is 6.10 Å². The average Bonchev–Trinajstić information content (AvgIpc) is 2.38. The lowest BCUT2D eigenvalue weighted by Crippen LogP contribution is -2.12. The fourth-order valence-corrected chi connectivity index (χ4v) is 2.96. The molecule has 0 aromatic heterocycles. The van der Waals surface area contributed by atoms with Crippen molar-refractivity contribution in [2.24, 2.45) is 0 Å². The summed E-state index contributed by atoms with van der Waals surface area (Å²) in [6, 6.07) is 13.0. The first kappa shape index (κ1) is 14.9. The van der Waals surface area contributed by atoms with Crippen LogP contribution in [0.25, 0.3) is 0 Å². The topological polar surface area (TPSA) is 32.3 Å². The first-order valence-electron chi connectivity index (χ1n) is 5.69. The number of aliphatic hydroxyl groups excluding tert-OH is 1. The molecule has 2 aromatic carbocycles. The maximum Gasteiger partial charge on any atom is 0.0962 e. The van der Waals surface area contributed by atoms with E-state index in [4.69, 9.17) is 11.6 Å². The highest BCUT2D eigenvalue weighted by Crippen LogP contribution is 2.27. The van der Waals surface area contributed by atoms with Crippen molar-refractivity contribution in [2.75, 3.05) is 11.9 Å². The lowest BCUT2D eigenvalue weighted by molar-refractivity contribution is 0.191. The van der Waals surface area contributed by atoms with E-state index in [2.05, 4.69) is 37.2 Å². The second kappa shape index (κ2) is 6.75. The Morgan fingerprint density at radius 2 is 1.79 bits per heavy atom. The van der Waals surface area contributed by atoms with Gasteiger partial charge in [-0.05, 0) is 51.8 Å². The van der Waals surface area contributed by atoms with Crippen LogP contribution in [-0.4, -0.2) is 11.7 Å². The summed E-state index contributed by atoms with van der Waals surface area (Å²) < 4.78 is 1.95. The number of anilines is 1. The van der Waals surface area contributed by atoms with Crippen LogP contribution in [0.4, 0.5) is 5.69 Å². The SMILES string of the molecule is OC(CNc1ccc(Br)cc1Br)c1ccc(Cl)cc1. The van der Waals surface area contributed by atoms with Gasteiger partial charge in [0.05, 0.1) is 6.10 Å². The van der Waals surface area contributed by atoms with Gasteiger partial charge >= 0.3 is 0 Å². The van der Waals surface area contributed by atoms with Crippen LogP contribution in [0.1, 0.15) is 11.7 Å². The van der Waals surface area contributed by atoms with E-state index < -0.39 is 6.10 Å². The second-order valence-electron chi connectivity index (χ2n) is 4.07. The van der Waals surface area contributed by atoms with E-state index in [0.717, 1.165) is 20.2 Å². The zero-order valence-corrected chi connectivity index (χ0v) is 13.8. The van der Waals surface area contributed by atoms with Gasteiger partial charge in [-0.25, -0.2) is 0 Å². The Bertz CT molecular complexity index is 560. The van der Waals surface area contributed by atoms with Gasteiger partial charge in [-0.3, -0.25) is 0 Å². The van der Waals surface area contributed by atoms with E-state index in [-0.39, 0.29) is 0 Å². The predicted molar refractivity (Wildman–Crippen MR) is 86.7 cm³/mol. The summed E-state index contributed by atoms with van der Waals surface area (Å²) >= 11 is 12.7. The van der Waals surface area contributed by atoms with E-state index >= 15 is 0 Å². The van der Waals surface area contributed by atoms with Crippen LogP contribution in [0.15, 0.2) is 51.4 Å². The lowest BCUT2D eigenvalue weighted by atomic mass is 10.1. The number of nitrogens with one attached hydrogen (secondary N) is 1. The van der Waals surface area contributed by atoms with Crippen molar-refractivity contribution in [3.63, 3.8) is 0 Å². The molecule has 0 spiro atoms. The minimum Gasteiger partial charge on any atom is -0.387 e. The van der Waals surface area contributed by atoms with Gasteiger partial charge in [0, 0.05) is 26.2 Å². The van der Waals surface area contributed by atoms with Crippen LogP contribution in [0.2, 0.25) is 5.02 Å². The lowest BCUT2D eigenvalue weighted by Gasteiger charge is -2.14. The van der Waals surface area contributed by atoms with Gasteiger partial charge in [-0.1, -0.05) is 39.7 Å². The van der Waals surface area contributed by atoms with Gasteiger partial charge in [-0.15, -0.1) is 0 Å². The molecular formula is C14H12Br2ClNO. The Balaban J connectivity index is 2.00. The summed E-state index contributed by atoms with van der Waals surface area (Å²) in [4.78, 5) is 0. The third-order valence-corrected chi connectivity index (χ3v) is 4.07. The molecule has 2 nitrogen and oxygen atoms in total. The Labute approximate surface area is 134 Å². The summed E-state index contributed by atoms with van der Waals surface area (Å²) in [6.45, 7) is 0.432. The van der Waals surface area contributed by atoms with Crippen molar-refractivity contribution < 1.29 is 5.11 Å². The highest BCUT2D eigenvalue weighted by atomic mass is 79.9. The molecule has 0 saturated heterocycles. The van der Waals surface area contributed by atoms with Gasteiger partial charge < -0.3 is 10.4 Å². The molecular weight excluding hydrogens is 393 g/mol. The maximum atomic E-state index is 10.1. The molecule has 2 rings (SSSR count). The van der Waals surface area contributed by atoms with Crippen molar-refractivity contribution in [1.82, 2.24) is 0 Å². The van der Waals surface area contributed by atoms with Crippen molar-refractivity contribution >= 4 is 49.1 Å². The minimum atomic E-state index is -0.576. The molecule has 2 aromatic rings. The van der Waals surface area contributed by atoms with Gasteiger partial charge in [0.15, 0.2) is 0 Å². The quantitative estimate of drug-likeness (QED) is 0.749. The highest BCUT2D eigenvalue weighted by Gasteiger charge is 2.08. The maximum absolute atomic E-state index is 10.1. The van der Waals surface area contributed by atoms with Crippen LogP contribution in [0, 0.1) is 0 Å². The van der Waals surface area contributed by atoms with Crippen LogP contribution in [0.3, 0.4) is 0 Å². The summed E-state index contributed by atoms with van der Waals surface area (Å²) in [5, 5.41) is 14.0. The Kier molecular flexibility index (Phi) is 5.28. The van der Waals surface area contributed by atoms with Crippen LogP contribution in [-0.2, 0) is 0 Å². The number of hydrogen-bond donors (Lipinski definition) is 2. The van der Waals surface area contributed by atoms with Crippen LogP contribution < -0.4 is 5.32 Å². The summed E-state index contributed by atoms with van der Waals surface area (Å²) in [5.74, 6) is 0. The fraction of sp³-hybridized carbons (Fsp3) is 0.143. The molecule has 0 amide bonds. The van der Waals surface area contributed by atoms with Gasteiger partial charge in [0.25, 0.3) is 0 Å². The number of halogens is 3. The molecule has 2 N–H and O–H groups in total. The molecule has 100 valence electrons. The number of rotatable bonds is 4. The molecule has 0 fully saturated rings. The highest BCUT2D eigenvalue weighted by molar-refractivity contribution is 9.11.